The Morgan fingerprint density at radius 1 is 1.15 bits per heavy atom. The van der Waals surface area contributed by atoms with Gasteiger partial charge in [0.25, 0.3) is 10.1 Å². The van der Waals surface area contributed by atoms with E-state index < -0.39 is 10.1 Å². The fraction of sp³-hybridized carbons (Fsp3) is 0.143. The number of benzene rings is 2. The molecule has 0 fully saturated rings. The molecular weight excluding hydrogens is 364 g/mol. The molecule has 0 aliphatic heterocycles. The van der Waals surface area contributed by atoms with Crippen molar-refractivity contribution >= 4 is 37.6 Å². The smallest absolute Gasteiger partial charge is 0.262 e. The molecule has 3 nitrogen and oxygen atoms in total. The first kappa shape index (κ1) is 15.5. The van der Waals surface area contributed by atoms with Crippen LogP contribution in [-0.2, 0) is 20.9 Å². The van der Waals surface area contributed by atoms with Crippen molar-refractivity contribution in [1.29, 1.82) is 0 Å². The van der Waals surface area contributed by atoms with Crippen LogP contribution in [0.3, 0.4) is 0 Å². The summed E-state index contributed by atoms with van der Waals surface area (Å²) >= 11 is 9.16. The highest BCUT2D eigenvalue weighted by atomic mass is 79.9. The zero-order valence-corrected chi connectivity index (χ0v) is 13.8. The minimum Gasteiger partial charge on any atom is -0.262 e. The standard InChI is InChI=1S/C14H12BrClO3S/c1-10-2-5-12(6-3-10)20(17,18)19-9-11-4-7-14(16)13(15)8-11/h2-8H,9H2,1H3. The number of hydrogen-bond acceptors (Lipinski definition) is 3. The molecule has 0 heterocycles. The molecule has 0 saturated heterocycles. The van der Waals surface area contributed by atoms with Crippen molar-refractivity contribution in [1.82, 2.24) is 0 Å². The lowest BCUT2D eigenvalue weighted by Gasteiger charge is -2.07. The summed E-state index contributed by atoms with van der Waals surface area (Å²) < 4.78 is 29.8. The van der Waals surface area contributed by atoms with Gasteiger partial charge in [0.1, 0.15) is 0 Å². The molecule has 0 aliphatic rings. The fourth-order valence-corrected chi connectivity index (χ4v) is 2.99. The van der Waals surface area contributed by atoms with Crippen molar-refractivity contribution in [3.05, 3.63) is 63.1 Å². The van der Waals surface area contributed by atoms with E-state index in [1.54, 1.807) is 30.3 Å². The molecule has 0 spiro atoms. The number of aryl methyl sites for hydroxylation is 1. The molecule has 106 valence electrons. The molecule has 2 rings (SSSR count). The van der Waals surface area contributed by atoms with E-state index in [1.807, 2.05) is 6.92 Å². The minimum atomic E-state index is -3.75. The van der Waals surface area contributed by atoms with Crippen LogP contribution in [0.1, 0.15) is 11.1 Å². The van der Waals surface area contributed by atoms with E-state index in [4.69, 9.17) is 15.8 Å². The Bertz CT molecular complexity index is 712. The van der Waals surface area contributed by atoms with Gasteiger partial charge in [-0.3, -0.25) is 4.18 Å². The maximum atomic E-state index is 12.0. The first-order chi connectivity index (χ1) is 9.38. The Balaban J connectivity index is 2.13. The van der Waals surface area contributed by atoms with Gasteiger partial charge in [-0.1, -0.05) is 35.4 Å². The summed E-state index contributed by atoms with van der Waals surface area (Å²) in [6.45, 7) is 1.86. The average Bonchev–Trinajstić information content (AvgIpc) is 2.41. The third kappa shape index (κ3) is 3.82. The van der Waals surface area contributed by atoms with Crippen molar-refractivity contribution < 1.29 is 12.6 Å². The number of halogens is 2. The monoisotopic (exact) mass is 374 g/mol. The summed E-state index contributed by atoms with van der Waals surface area (Å²) in [5.41, 5.74) is 1.71. The van der Waals surface area contributed by atoms with Crippen LogP contribution in [0.5, 0.6) is 0 Å². The summed E-state index contributed by atoms with van der Waals surface area (Å²) in [7, 11) is -3.75. The number of rotatable bonds is 4. The molecule has 0 bridgehead atoms. The van der Waals surface area contributed by atoms with Crippen molar-refractivity contribution in [3.8, 4) is 0 Å². The van der Waals surface area contributed by atoms with E-state index in [2.05, 4.69) is 15.9 Å². The van der Waals surface area contributed by atoms with E-state index in [-0.39, 0.29) is 11.5 Å². The van der Waals surface area contributed by atoms with Crippen molar-refractivity contribution in [2.45, 2.75) is 18.4 Å². The normalized spacial score (nSPS) is 11.6. The molecule has 0 aromatic heterocycles. The highest BCUT2D eigenvalue weighted by molar-refractivity contribution is 9.10. The van der Waals surface area contributed by atoms with E-state index in [9.17, 15) is 8.42 Å². The molecule has 2 aromatic rings. The predicted octanol–water partition coefficient (Wildman–Crippen LogP) is 4.32. The van der Waals surface area contributed by atoms with Gasteiger partial charge in [0.05, 0.1) is 16.5 Å². The fourth-order valence-electron chi connectivity index (χ4n) is 1.55. The van der Waals surface area contributed by atoms with E-state index in [0.29, 0.717) is 9.50 Å². The van der Waals surface area contributed by atoms with Gasteiger partial charge < -0.3 is 0 Å². The molecule has 0 radical (unpaired) electrons. The molecule has 0 atom stereocenters. The summed E-state index contributed by atoms with van der Waals surface area (Å²) in [4.78, 5) is 0.149. The van der Waals surface area contributed by atoms with Gasteiger partial charge >= 0.3 is 0 Å². The van der Waals surface area contributed by atoms with Crippen molar-refractivity contribution in [2.24, 2.45) is 0 Å². The Morgan fingerprint density at radius 3 is 2.40 bits per heavy atom. The zero-order valence-electron chi connectivity index (χ0n) is 10.6. The summed E-state index contributed by atoms with van der Waals surface area (Å²) in [5, 5.41) is 0.565. The first-order valence-corrected chi connectivity index (χ1v) is 8.36. The lowest BCUT2D eigenvalue weighted by Crippen LogP contribution is -2.06. The lowest BCUT2D eigenvalue weighted by molar-refractivity contribution is 0.308. The minimum absolute atomic E-state index is 0.0357. The molecule has 0 saturated carbocycles. The van der Waals surface area contributed by atoms with E-state index >= 15 is 0 Å². The Hall–Kier alpha value is -0.880. The van der Waals surface area contributed by atoms with Gasteiger partial charge in [0, 0.05) is 4.47 Å². The van der Waals surface area contributed by atoms with Crippen LogP contribution in [0.4, 0.5) is 0 Å². The second kappa shape index (κ2) is 6.26. The Kier molecular flexibility index (Phi) is 4.86. The maximum Gasteiger partial charge on any atom is 0.297 e. The molecule has 0 amide bonds. The molecule has 0 N–H and O–H groups in total. The third-order valence-corrected chi connectivity index (χ3v) is 5.17. The Morgan fingerprint density at radius 2 is 1.80 bits per heavy atom. The lowest BCUT2D eigenvalue weighted by atomic mass is 10.2. The maximum absolute atomic E-state index is 12.0. The van der Waals surface area contributed by atoms with Crippen molar-refractivity contribution in [3.63, 3.8) is 0 Å². The van der Waals surface area contributed by atoms with Gasteiger partial charge in [-0.15, -0.1) is 0 Å². The summed E-state index contributed by atoms with van der Waals surface area (Å²) in [6.07, 6.45) is 0. The largest absolute Gasteiger partial charge is 0.297 e. The average molecular weight is 376 g/mol. The molecule has 2 aromatic carbocycles. The van der Waals surface area contributed by atoms with Crippen LogP contribution in [-0.4, -0.2) is 8.42 Å². The highest BCUT2D eigenvalue weighted by Crippen LogP contribution is 2.24. The highest BCUT2D eigenvalue weighted by Gasteiger charge is 2.15. The Labute approximate surface area is 131 Å². The molecular formula is C14H12BrClO3S. The topological polar surface area (TPSA) is 43.4 Å². The van der Waals surface area contributed by atoms with E-state index in [0.717, 1.165) is 11.1 Å². The van der Waals surface area contributed by atoms with Gasteiger partial charge in [0.15, 0.2) is 0 Å². The SMILES string of the molecule is Cc1ccc(S(=O)(=O)OCc2ccc(Cl)c(Br)c2)cc1. The van der Waals surface area contributed by atoms with Crippen LogP contribution in [0.25, 0.3) is 0 Å². The quantitative estimate of drug-likeness (QED) is 0.748. The van der Waals surface area contributed by atoms with Gasteiger partial charge in [-0.25, -0.2) is 0 Å². The second-order valence-electron chi connectivity index (χ2n) is 4.28. The van der Waals surface area contributed by atoms with Crippen molar-refractivity contribution in [2.75, 3.05) is 0 Å². The second-order valence-corrected chi connectivity index (χ2v) is 7.15. The van der Waals surface area contributed by atoms with Crippen LogP contribution in [0.2, 0.25) is 5.02 Å². The van der Waals surface area contributed by atoms with Crippen LogP contribution < -0.4 is 0 Å². The first-order valence-electron chi connectivity index (χ1n) is 5.78. The van der Waals surface area contributed by atoms with Gasteiger partial charge in [-0.2, -0.15) is 8.42 Å². The van der Waals surface area contributed by atoms with Crippen LogP contribution >= 0.6 is 27.5 Å². The van der Waals surface area contributed by atoms with Gasteiger partial charge in [0.2, 0.25) is 0 Å². The van der Waals surface area contributed by atoms with E-state index in [1.165, 1.54) is 12.1 Å². The third-order valence-electron chi connectivity index (χ3n) is 2.67. The zero-order chi connectivity index (χ0) is 14.8. The van der Waals surface area contributed by atoms with Crippen LogP contribution in [0, 0.1) is 6.92 Å². The molecule has 0 aliphatic carbocycles. The number of hydrogen-bond donors (Lipinski definition) is 0. The molecule has 0 unspecified atom stereocenters. The molecule has 20 heavy (non-hydrogen) atoms. The molecule has 6 heteroatoms. The van der Waals surface area contributed by atoms with Crippen LogP contribution in [0.15, 0.2) is 51.8 Å². The van der Waals surface area contributed by atoms with Gasteiger partial charge in [-0.05, 0) is 52.7 Å². The summed E-state index contributed by atoms with van der Waals surface area (Å²) in [5.74, 6) is 0. The predicted molar refractivity (Wildman–Crippen MR) is 82.3 cm³/mol. The summed E-state index contributed by atoms with van der Waals surface area (Å²) in [6, 6.07) is 11.7.